The predicted octanol–water partition coefficient (Wildman–Crippen LogP) is 5.94. The van der Waals surface area contributed by atoms with Crippen LogP contribution in [0.5, 0.6) is 0 Å². The summed E-state index contributed by atoms with van der Waals surface area (Å²) in [5.41, 5.74) is -1.62. The zero-order valence-corrected chi connectivity index (χ0v) is 35.0. The van der Waals surface area contributed by atoms with Crippen molar-refractivity contribution in [3.63, 3.8) is 0 Å². The van der Waals surface area contributed by atoms with Crippen LogP contribution in [0.15, 0.2) is 67.3 Å². The van der Waals surface area contributed by atoms with Crippen LogP contribution >= 0.6 is 11.8 Å². The van der Waals surface area contributed by atoms with Crippen LogP contribution in [0.3, 0.4) is 0 Å². The molecule has 0 aliphatic carbocycles. The predicted molar refractivity (Wildman–Crippen MR) is 214 cm³/mol. The molecule has 330 valence electrons. The Morgan fingerprint density at radius 2 is 1.80 bits per heavy atom. The minimum atomic E-state index is -4.18. The molecule has 1 aliphatic rings. The Balaban J connectivity index is 1.32. The maximum absolute atomic E-state index is 15.7. The lowest BCUT2D eigenvalue weighted by molar-refractivity contribution is -0.155. The second-order valence-electron chi connectivity index (χ2n) is 13.8. The molecule has 16 nitrogen and oxygen atoms in total. The number of aromatic nitrogens is 3. The fraction of sp³-hybridized carbons (Fsp3) is 0.450. The van der Waals surface area contributed by atoms with E-state index in [2.05, 4.69) is 10.1 Å². The van der Waals surface area contributed by atoms with E-state index in [4.69, 9.17) is 33.5 Å². The highest BCUT2D eigenvalue weighted by molar-refractivity contribution is 8.00. The van der Waals surface area contributed by atoms with Gasteiger partial charge in [-0.25, -0.2) is 27.6 Å². The second kappa shape index (κ2) is 23.7. The average molecular weight is 894 g/mol. The molecule has 1 aliphatic heterocycles. The van der Waals surface area contributed by atoms with Crippen LogP contribution in [-0.4, -0.2) is 107 Å². The SMILES string of the molecule is CC(SC1COC(C=CC=Cc2ccc(C#N)cc2F)OC1)C(Cn1cncn1)(OC(=O)OCOC(=O)CCCCCCC(=O)N(C)CCS(=O)(=O)O)c1ccc(F)cc1F. The lowest BCUT2D eigenvalue weighted by Gasteiger charge is -2.40. The molecule has 2 aromatic carbocycles. The monoisotopic (exact) mass is 893 g/mol. The van der Waals surface area contributed by atoms with Crippen molar-refractivity contribution in [2.45, 2.75) is 74.4 Å². The molecular formula is C40H46F3N5O11S2. The van der Waals surface area contributed by atoms with E-state index in [9.17, 15) is 31.6 Å². The molecule has 0 bridgehead atoms. The summed E-state index contributed by atoms with van der Waals surface area (Å²) in [6, 6.07) is 8.82. The summed E-state index contributed by atoms with van der Waals surface area (Å²) in [5.74, 6) is -3.95. The summed E-state index contributed by atoms with van der Waals surface area (Å²) in [5, 5.41) is 11.9. The summed E-state index contributed by atoms with van der Waals surface area (Å²) in [7, 11) is -2.75. The van der Waals surface area contributed by atoms with E-state index in [-0.39, 0.29) is 67.0 Å². The number of amides is 1. The van der Waals surface area contributed by atoms with Gasteiger partial charge in [-0.15, -0.1) is 11.8 Å². The quantitative estimate of drug-likeness (QED) is 0.0407. The minimum Gasteiger partial charge on any atom is -0.428 e. The first-order valence-electron chi connectivity index (χ1n) is 19.0. The van der Waals surface area contributed by atoms with E-state index in [1.165, 1.54) is 59.3 Å². The summed E-state index contributed by atoms with van der Waals surface area (Å²) >= 11 is 1.24. The van der Waals surface area contributed by atoms with E-state index in [1.807, 2.05) is 6.07 Å². The number of esters is 1. The van der Waals surface area contributed by atoms with Crippen LogP contribution in [0, 0.1) is 28.8 Å². The van der Waals surface area contributed by atoms with Gasteiger partial charge in [0.15, 0.2) is 11.9 Å². The summed E-state index contributed by atoms with van der Waals surface area (Å²) in [6.45, 7) is 0.707. The standard InChI is InChI=1S/C40H46F3N5O11S2/c1-28(60-32-22-55-38(56-23-32)12-8-7-9-30-14-13-29(21-44)19-34(30)42)40(24-48-26-45-25-46-48,33-16-15-31(41)20-35(33)43)59-39(51)58-27-57-37(50)11-6-4-3-5-10-36(49)47(2)17-18-61(52,53)54/h7-9,12-16,19-20,25-26,28,32,38H,3-6,10-11,17-18,22-24,27H2,1-2H3,(H,52,53,54). The molecule has 0 radical (unpaired) electrons. The van der Waals surface area contributed by atoms with Crippen LogP contribution < -0.4 is 0 Å². The molecule has 1 amide bonds. The Labute approximate surface area is 355 Å². The molecule has 1 fully saturated rings. The van der Waals surface area contributed by atoms with Gasteiger partial charge in [0.2, 0.25) is 12.7 Å². The number of unbranched alkanes of at least 4 members (excludes halogenated alkanes) is 3. The normalized spacial score (nSPS) is 17.1. The van der Waals surface area contributed by atoms with Crippen LogP contribution in [0.25, 0.3) is 6.08 Å². The number of hydrogen-bond acceptors (Lipinski definition) is 14. The highest BCUT2D eigenvalue weighted by Crippen LogP contribution is 2.42. The topological polar surface area (TPSA) is 209 Å². The van der Waals surface area contributed by atoms with Crippen LogP contribution in [-0.2, 0) is 55.5 Å². The van der Waals surface area contributed by atoms with Gasteiger partial charge < -0.3 is 28.6 Å². The number of benzene rings is 2. The Kier molecular flexibility index (Phi) is 18.8. The number of carbonyl (C=O) groups excluding carboxylic acids is 3. The smallest absolute Gasteiger partial charge is 0.428 e. The van der Waals surface area contributed by atoms with Gasteiger partial charge in [0.1, 0.15) is 30.1 Å². The molecule has 3 aromatic rings. The zero-order valence-electron chi connectivity index (χ0n) is 33.4. The molecule has 1 saturated heterocycles. The molecule has 21 heteroatoms. The maximum atomic E-state index is 15.7. The van der Waals surface area contributed by atoms with Crippen LogP contribution in [0.4, 0.5) is 18.0 Å². The fourth-order valence-corrected chi connectivity index (χ4v) is 7.85. The molecule has 2 atom stereocenters. The van der Waals surface area contributed by atoms with Crippen LogP contribution in [0.2, 0.25) is 0 Å². The highest BCUT2D eigenvalue weighted by Gasteiger charge is 2.47. The number of hydrogen-bond donors (Lipinski definition) is 1. The number of halogens is 3. The Morgan fingerprint density at radius 1 is 1.07 bits per heavy atom. The van der Waals surface area contributed by atoms with E-state index in [0.717, 1.165) is 18.2 Å². The second-order valence-corrected chi connectivity index (χ2v) is 17.0. The molecule has 2 unspecified atom stereocenters. The number of carbonyl (C=O) groups is 3. The Hall–Kier alpha value is -5.27. The number of ether oxygens (including phenoxy) is 5. The number of thioether (sulfide) groups is 1. The molecule has 61 heavy (non-hydrogen) atoms. The van der Waals surface area contributed by atoms with Crippen molar-refractivity contribution in [2.24, 2.45) is 0 Å². The lowest BCUT2D eigenvalue weighted by Crippen LogP contribution is -2.47. The molecule has 4 rings (SSSR count). The van der Waals surface area contributed by atoms with Gasteiger partial charge in [0.05, 0.1) is 42.4 Å². The van der Waals surface area contributed by atoms with E-state index in [0.29, 0.717) is 31.7 Å². The highest BCUT2D eigenvalue weighted by atomic mass is 32.2. The number of nitrogens with zero attached hydrogens (tertiary/aromatic N) is 5. The summed E-state index contributed by atoms with van der Waals surface area (Å²) < 4.78 is 104. The molecule has 0 saturated carbocycles. The van der Waals surface area contributed by atoms with E-state index in [1.54, 1.807) is 25.2 Å². The van der Waals surface area contributed by atoms with Crippen molar-refractivity contribution in [3.05, 3.63) is 101 Å². The van der Waals surface area contributed by atoms with Gasteiger partial charge in [-0.05, 0) is 50.1 Å². The summed E-state index contributed by atoms with van der Waals surface area (Å²) in [6.07, 6.45) is 9.01. The third-order valence-corrected chi connectivity index (χ3v) is 11.4. The van der Waals surface area contributed by atoms with Crippen molar-refractivity contribution in [2.75, 3.05) is 39.4 Å². The maximum Gasteiger partial charge on any atom is 0.512 e. The first-order chi connectivity index (χ1) is 29.1. The third-order valence-electron chi connectivity index (χ3n) is 9.28. The number of rotatable bonds is 22. The van der Waals surface area contributed by atoms with Crippen molar-refractivity contribution >= 4 is 46.0 Å². The zero-order chi connectivity index (χ0) is 44.4. The third kappa shape index (κ3) is 15.9. The first kappa shape index (κ1) is 48.4. The van der Waals surface area contributed by atoms with Gasteiger partial charge in [0.25, 0.3) is 10.1 Å². The largest absolute Gasteiger partial charge is 0.512 e. The van der Waals surface area contributed by atoms with Crippen molar-refractivity contribution < 1.29 is 64.2 Å². The van der Waals surface area contributed by atoms with Gasteiger partial charge in [-0.1, -0.05) is 37.1 Å². The van der Waals surface area contributed by atoms with Gasteiger partial charge in [0, 0.05) is 48.9 Å². The van der Waals surface area contributed by atoms with Crippen molar-refractivity contribution in [1.29, 1.82) is 5.26 Å². The van der Waals surface area contributed by atoms with E-state index < -0.39 is 69.4 Å². The Morgan fingerprint density at radius 3 is 2.46 bits per heavy atom. The summed E-state index contributed by atoms with van der Waals surface area (Å²) in [4.78, 5) is 42.9. The van der Waals surface area contributed by atoms with Crippen LogP contribution in [0.1, 0.15) is 62.1 Å². The van der Waals surface area contributed by atoms with E-state index >= 15 is 4.39 Å². The van der Waals surface area contributed by atoms with Crippen molar-refractivity contribution in [1.82, 2.24) is 19.7 Å². The first-order valence-corrected chi connectivity index (χ1v) is 21.6. The minimum absolute atomic E-state index is 0.0250. The molecule has 1 N–H and O–H groups in total. The number of nitriles is 1. The fourth-order valence-electron chi connectivity index (χ4n) is 5.99. The lowest BCUT2D eigenvalue weighted by atomic mass is 9.89. The van der Waals surface area contributed by atoms with Crippen molar-refractivity contribution in [3.8, 4) is 6.07 Å². The molecule has 0 spiro atoms. The average Bonchev–Trinajstić information content (AvgIpc) is 3.73. The Bertz CT molecular complexity index is 2150. The number of allylic oxidation sites excluding steroid dienone is 2. The van der Waals surface area contributed by atoms with Gasteiger partial charge >= 0.3 is 12.1 Å². The van der Waals surface area contributed by atoms with Gasteiger partial charge in [-0.3, -0.25) is 14.1 Å². The van der Waals surface area contributed by atoms with Gasteiger partial charge in [-0.2, -0.15) is 18.8 Å². The molecular weight excluding hydrogens is 848 g/mol. The molecule has 1 aromatic heterocycles. The molecule has 2 heterocycles.